The van der Waals surface area contributed by atoms with Crippen LogP contribution in [-0.4, -0.2) is 35.5 Å². The van der Waals surface area contributed by atoms with E-state index in [0.29, 0.717) is 12.8 Å². The summed E-state index contributed by atoms with van der Waals surface area (Å²) in [6.07, 6.45) is 1.39. The molecule has 1 saturated heterocycles. The first-order valence-electron chi connectivity index (χ1n) is 8.01. The number of carbonyl (C=O) groups is 2. The summed E-state index contributed by atoms with van der Waals surface area (Å²) < 4.78 is 10.7. The number of fused-ring (bicyclic) bond motifs is 3. The lowest BCUT2D eigenvalue weighted by atomic mass is 9.70. The maximum Gasteiger partial charge on any atom is 0.313 e. The van der Waals surface area contributed by atoms with Crippen molar-refractivity contribution in [1.82, 2.24) is 0 Å². The summed E-state index contributed by atoms with van der Waals surface area (Å²) in [6, 6.07) is -0.285. The molecule has 0 radical (unpaired) electrons. The monoisotopic (exact) mass is 311 g/mol. The Balaban J connectivity index is 1.66. The molecule has 3 rings (SSSR count). The zero-order valence-corrected chi connectivity index (χ0v) is 13.4. The summed E-state index contributed by atoms with van der Waals surface area (Å²) >= 11 is 0. The van der Waals surface area contributed by atoms with Crippen molar-refractivity contribution < 1.29 is 24.2 Å². The molecule has 1 heterocycles. The number of aliphatic hydroxyl groups excluding tert-OH is 1. The van der Waals surface area contributed by atoms with E-state index in [4.69, 9.17) is 15.2 Å². The average Bonchev–Trinajstić information content (AvgIpc) is 3.03. The molecule has 6 nitrogen and oxygen atoms in total. The van der Waals surface area contributed by atoms with Gasteiger partial charge in [0.25, 0.3) is 0 Å². The zero-order valence-electron chi connectivity index (χ0n) is 13.4. The SMILES string of the molecule is CC(N)C(C)(C)C(=O)OC1CC2CC1CC21CC(=O)OC1O. The Morgan fingerprint density at radius 2 is 2.18 bits per heavy atom. The van der Waals surface area contributed by atoms with Crippen molar-refractivity contribution in [2.24, 2.45) is 28.4 Å². The van der Waals surface area contributed by atoms with Crippen LogP contribution in [0, 0.1) is 22.7 Å². The molecule has 0 aromatic heterocycles. The van der Waals surface area contributed by atoms with Crippen LogP contribution in [0.15, 0.2) is 0 Å². The van der Waals surface area contributed by atoms with Gasteiger partial charge in [0.05, 0.1) is 11.8 Å². The predicted octanol–water partition coefficient (Wildman–Crippen LogP) is 0.953. The maximum absolute atomic E-state index is 12.3. The molecule has 6 heteroatoms. The number of cyclic esters (lactones) is 1. The summed E-state index contributed by atoms with van der Waals surface area (Å²) in [5.74, 6) is -0.225. The van der Waals surface area contributed by atoms with E-state index in [-0.39, 0.29) is 42.3 Å². The minimum atomic E-state index is -1.01. The third kappa shape index (κ3) is 2.15. The number of carbonyl (C=O) groups excluding carboxylic acids is 2. The number of hydrogen-bond donors (Lipinski definition) is 2. The molecule has 0 aromatic rings. The fourth-order valence-corrected chi connectivity index (χ4v) is 4.20. The van der Waals surface area contributed by atoms with Crippen LogP contribution < -0.4 is 5.73 Å². The number of nitrogens with two attached hydrogens (primary N) is 1. The number of aliphatic hydroxyl groups is 1. The van der Waals surface area contributed by atoms with Crippen LogP contribution in [0.4, 0.5) is 0 Å². The maximum atomic E-state index is 12.3. The van der Waals surface area contributed by atoms with E-state index in [0.717, 1.165) is 6.42 Å². The normalized spacial score (nSPS) is 41.8. The third-order valence-corrected chi connectivity index (χ3v) is 6.22. The fourth-order valence-electron chi connectivity index (χ4n) is 4.20. The van der Waals surface area contributed by atoms with Gasteiger partial charge in [0.1, 0.15) is 6.10 Å². The first kappa shape index (κ1) is 15.7. The van der Waals surface area contributed by atoms with Crippen molar-refractivity contribution in [3.63, 3.8) is 0 Å². The molecular weight excluding hydrogens is 286 g/mol. The Bertz CT molecular complexity index is 503. The molecule has 3 fully saturated rings. The Labute approximate surface area is 130 Å². The van der Waals surface area contributed by atoms with E-state index >= 15 is 0 Å². The van der Waals surface area contributed by atoms with Gasteiger partial charge in [0.15, 0.2) is 0 Å². The van der Waals surface area contributed by atoms with Crippen molar-refractivity contribution in [2.75, 3.05) is 0 Å². The van der Waals surface area contributed by atoms with E-state index in [9.17, 15) is 14.7 Å². The molecule has 2 aliphatic carbocycles. The van der Waals surface area contributed by atoms with Crippen molar-refractivity contribution >= 4 is 11.9 Å². The molecule has 0 amide bonds. The summed E-state index contributed by atoms with van der Waals surface area (Å²) in [4.78, 5) is 23.8. The van der Waals surface area contributed by atoms with Gasteiger partial charge in [-0.1, -0.05) is 0 Å². The Hall–Kier alpha value is -1.14. The van der Waals surface area contributed by atoms with Gasteiger partial charge in [-0.2, -0.15) is 0 Å². The van der Waals surface area contributed by atoms with Gasteiger partial charge in [-0.15, -0.1) is 0 Å². The third-order valence-electron chi connectivity index (χ3n) is 6.22. The molecule has 6 unspecified atom stereocenters. The second-order valence-corrected chi connectivity index (χ2v) is 7.84. The molecule has 22 heavy (non-hydrogen) atoms. The van der Waals surface area contributed by atoms with Gasteiger partial charge in [0, 0.05) is 11.5 Å². The fraction of sp³-hybridized carbons (Fsp3) is 0.875. The number of esters is 2. The molecule has 1 spiro atoms. The number of hydrogen-bond acceptors (Lipinski definition) is 6. The van der Waals surface area contributed by atoms with Crippen LogP contribution in [0.1, 0.15) is 46.5 Å². The second kappa shape index (κ2) is 4.93. The highest BCUT2D eigenvalue weighted by Crippen LogP contribution is 2.62. The van der Waals surface area contributed by atoms with E-state index < -0.39 is 17.1 Å². The van der Waals surface area contributed by atoms with Crippen molar-refractivity contribution in [2.45, 2.75) is 64.9 Å². The molecule has 3 N–H and O–H groups in total. The predicted molar refractivity (Wildman–Crippen MR) is 77.3 cm³/mol. The first-order valence-corrected chi connectivity index (χ1v) is 8.01. The second-order valence-electron chi connectivity index (χ2n) is 7.84. The summed E-state index contributed by atoms with van der Waals surface area (Å²) in [6.45, 7) is 5.39. The Morgan fingerprint density at radius 1 is 1.50 bits per heavy atom. The quantitative estimate of drug-likeness (QED) is 0.753. The highest BCUT2D eigenvalue weighted by atomic mass is 16.6. The largest absolute Gasteiger partial charge is 0.462 e. The van der Waals surface area contributed by atoms with Crippen molar-refractivity contribution in [3.8, 4) is 0 Å². The molecule has 2 bridgehead atoms. The summed E-state index contributed by atoms with van der Waals surface area (Å²) in [7, 11) is 0. The van der Waals surface area contributed by atoms with Gasteiger partial charge in [-0.05, 0) is 51.9 Å². The van der Waals surface area contributed by atoms with Gasteiger partial charge in [-0.3, -0.25) is 9.59 Å². The summed E-state index contributed by atoms with van der Waals surface area (Å²) in [5.41, 5.74) is 4.69. The molecule has 3 aliphatic rings. The Morgan fingerprint density at radius 3 is 2.64 bits per heavy atom. The molecule has 124 valence electrons. The first-order chi connectivity index (χ1) is 10.2. The Kier molecular flexibility index (Phi) is 3.53. The molecular formula is C16H25NO5. The smallest absolute Gasteiger partial charge is 0.313 e. The lowest BCUT2D eigenvalue weighted by Crippen LogP contribution is -2.45. The van der Waals surface area contributed by atoms with E-state index in [1.165, 1.54) is 0 Å². The number of ether oxygens (including phenoxy) is 2. The van der Waals surface area contributed by atoms with Crippen molar-refractivity contribution in [3.05, 3.63) is 0 Å². The van der Waals surface area contributed by atoms with Crippen LogP contribution in [0.5, 0.6) is 0 Å². The molecule has 1 aliphatic heterocycles. The topological polar surface area (TPSA) is 98.9 Å². The average molecular weight is 311 g/mol. The van der Waals surface area contributed by atoms with Crippen LogP contribution in [-0.2, 0) is 19.1 Å². The highest BCUT2D eigenvalue weighted by Gasteiger charge is 2.64. The molecule has 6 atom stereocenters. The number of rotatable bonds is 3. The standard InChI is InChI=1S/C16H25NO5/c1-8(17)15(2,3)13(19)21-11-5-10-4-9(11)6-16(10)7-12(18)22-14(16)20/h8-11,14,20H,4-7,17H2,1-3H3. The van der Waals surface area contributed by atoms with Gasteiger partial charge < -0.3 is 20.3 Å². The van der Waals surface area contributed by atoms with Gasteiger partial charge in [0.2, 0.25) is 6.29 Å². The minimum Gasteiger partial charge on any atom is -0.462 e. The van der Waals surface area contributed by atoms with E-state index in [1.54, 1.807) is 20.8 Å². The summed E-state index contributed by atoms with van der Waals surface area (Å²) in [5, 5.41) is 10.1. The van der Waals surface area contributed by atoms with E-state index in [1.807, 2.05) is 0 Å². The zero-order chi connectivity index (χ0) is 16.3. The van der Waals surface area contributed by atoms with Gasteiger partial charge in [-0.25, -0.2) is 0 Å². The van der Waals surface area contributed by atoms with Crippen molar-refractivity contribution in [1.29, 1.82) is 0 Å². The molecule has 0 aromatic carbocycles. The van der Waals surface area contributed by atoms with Crippen LogP contribution in [0.2, 0.25) is 0 Å². The minimum absolute atomic E-state index is 0.135. The molecule has 2 saturated carbocycles. The lowest BCUT2D eigenvalue weighted by molar-refractivity contribution is -0.173. The van der Waals surface area contributed by atoms with Crippen LogP contribution in [0.3, 0.4) is 0 Å². The van der Waals surface area contributed by atoms with Gasteiger partial charge >= 0.3 is 11.9 Å². The van der Waals surface area contributed by atoms with Crippen LogP contribution >= 0.6 is 0 Å². The highest BCUT2D eigenvalue weighted by molar-refractivity contribution is 5.77. The van der Waals surface area contributed by atoms with E-state index in [2.05, 4.69) is 0 Å². The lowest BCUT2D eigenvalue weighted by Gasteiger charge is -2.37. The van der Waals surface area contributed by atoms with Crippen LogP contribution in [0.25, 0.3) is 0 Å².